The number of hydrazine groups is 1. The van der Waals surface area contributed by atoms with Crippen molar-refractivity contribution in [3.05, 3.63) is 184 Å². The Hall–Kier alpha value is -5.54. The van der Waals surface area contributed by atoms with Gasteiger partial charge in [0.25, 0.3) is 5.91 Å². The predicted octanol–water partition coefficient (Wildman–Crippen LogP) is 8.77. The van der Waals surface area contributed by atoms with Gasteiger partial charge < -0.3 is 14.6 Å². The summed E-state index contributed by atoms with van der Waals surface area (Å²) in [6.07, 6.45) is 0.0707. The third-order valence-corrected chi connectivity index (χ3v) is 10.4. The van der Waals surface area contributed by atoms with Crippen LogP contribution in [0, 0.1) is 0 Å². The number of benzene rings is 6. The van der Waals surface area contributed by atoms with Gasteiger partial charge in [0, 0.05) is 29.5 Å². The largest absolute Gasteiger partial charge is 0.494 e. The van der Waals surface area contributed by atoms with E-state index in [1.165, 1.54) is 0 Å². The number of amides is 1. The summed E-state index contributed by atoms with van der Waals surface area (Å²) in [5.41, 5.74) is 14.3. The van der Waals surface area contributed by atoms with Crippen LogP contribution >= 0.6 is 15.9 Å². The number of nitrogens with one attached hydrogen (secondary N) is 2. The van der Waals surface area contributed by atoms with Crippen molar-refractivity contribution < 1.29 is 19.4 Å². The molecule has 1 aliphatic heterocycles. The molecule has 0 bridgehead atoms. The van der Waals surface area contributed by atoms with Gasteiger partial charge in [-0.2, -0.15) is 0 Å². The second kappa shape index (κ2) is 15.2. The molecule has 2 aliphatic rings. The molecule has 7 nitrogen and oxygen atoms in total. The van der Waals surface area contributed by atoms with Crippen molar-refractivity contribution in [2.24, 2.45) is 4.99 Å². The minimum absolute atomic E-state index is 0.0631. The van der Waals surface area contributed by atoms with Crippen LogP contribution in [0.5, 0.6) is 5.75 Å². The van der Waals surface area contributed by atoms with E-state index in [4.69, 9.17) is 14.5 Å². The maximum atomic E-state index is 15.1. The number of nitrogens with zero attached hydrogens (tertiary/aromatic N) is 1. The molecular formula is C45H38BrN3O4. The van der Waals surface area contributed by atoms with E-state index in [0.29, 0.717) is 24.7 Å². The summed E-state index contributed by atoms with van der Waals surface area (Å²) in [5.74, 6) is 0.736. The number of carbonyl (C=O) groups excluding carboxylic acids is 1. The molecule has 8 rings (SSSR count). The van der Waals surface area contributed by atoms with Crippen LogP contribution in [0.2, 0.25) is 0 Å². The fourth-order valence-electron chi connectivity index (χ4n) is 7.23. The summed E-state index contributed by atoms with van der Waals surface area (Å²) < 4.78 is 13.5. The summed E-state index contributed by atoms with van der Waals surface area (Å²) in [6.45, 7) is 0.474. The summed E-state index contributed by atoms with van der Waals surface area (Å²) in [7, 11) is 0. The number of ether oxygens (including phenoxy) is 2. The van der Waals surface area contributed by atoms with E-state index >= 15 is 4.79 Å². The monoisotopic (exact) mass is 763 g/mol. The number of hydrogen-bond acceptors (Lipinski definition) is 6. The number of hydrogen-bond donors (Lipinski definition) is 3. The van der Waals surface area contributed by atoms with E-state index in [2.05, 4.69) is 75.3 Å². The minimum Gasteiger partial charge on any atom is -0.494 e. The number of carbonyl (C=O) groups is 1. The third kappa shape index (κ3) is 7.01. The molecule has 0 radical (unpaired) electrons. The van der Waals surface area contributed by atoms with Gasteiger partial charge in [0.05, 0.1) is 12.6 Å². The quantitative estimate of drug-likeness (QED) is 0.0857. The lowest BCUT2D eigenvalue weighted by atomic mass is 9.82. The molecule has 0 spiro atoms. The highest BCUT2D eigenvalue weighted by atomic mass is 79.9. The highest BCUT2D eigenvalue weighted by Crippen LogP contribution is 2.45. The van der Waals surface area contributed by atoms with Crippen LogP contribution in [0.1, 0.15) is 46.4 Å². The Labute approximate surface area is 317 Å². The predicted molar refractivity (Wildman–Crippen MR) is 211 cm³/mol. The molecule has 0 unspecified atom stereocenters. The minimum atomic E-state index is -1.39. The Morgan fingerprint density at radius 3 is 2.00 bits per heavy atom. The molecule has 1 aliphatic carbocycles. The van der Waals surface area contributed by atoms with Crippen LogP contribution in [0.15, 0.2) is 161 Å². The molecule has 6 aromatic rings. The number of aliphatic hydroxyl groups is 1. The SMILES string of the molecule is O=C(NNC1c2ccccc2-c2ccccc21)[C@@]1(Cc2ccc(Br)cc2)N=C(c2ccc(OCCCO)cc2)O[C@H]1c1ccc(-c2ccccc2)cc1. The molecule has 1 amide bonds. The molecule has 0 saturated carbocycles. The van der Waals surface area contributed by atoms with Crippen LogP contribution in [-0.2, 0) is 16.0 Å². The molecule has 3 N–H and O–H groups in total. The van der Waals surface area contributed by atoms with Gasteiger partial charge in [-0.3, -0.25) is 10.2 Å². The zero-order valence-electron chi connectivity index (χ0n) is 28.9. The van der Waals surface area contributed by atoms with E-state index in [1.807, 2.05) is 103 Å². The Bertz CT molecular complexity index is 2200. The van der Waals surface area contributed by atoms with E-state index in [9.17, 15) is 5.11 Å². The van der Waals surface area contributed by atoms with Crippen molar-refractivity contribution in [2.75, 3.05) is 13.2 Å². The summed E-state index contributed by atoms with van der Waals surface area (Å²) in [4.78, 5) is 20.3. The first-order valence-electron chi connectivity index (χ1n) is 17.8. The highest BCUT2D eigenvalue weighted by Gasteiger charge is 2.53. The van der Waals surface area contributed by atoms with Crippen molar-refractivity contribution in [3.63, 3.8) is 0 Å². The van der Waals surface area contributed by atoms with Gasteiger partial charge in [-0.25, -0.2) is 10.4 Å². The molecule has 2 atom stereocenters. The van der Waals surface area contributed by atoms with Crippen LogP contribution in [0.4, 0.5) is 0 Å². The first kappa shape index (κ1) is 34.5. The highest BCUT2D eigenvalue weighted by molar-refractivity contribution is 9.10. The number of aliphatic imine (C=N–C) groups is 1. The molecule has 8 heteroatoms. The first-order chi connectivity index (χ1) is 26.0. The zero-order chi connectivity index (χ0) is 36.2. The third-order valence-electron chi connectivity index (χ3n) is 9.90. The van der Waals surface area contributed by atoms with Gasteiger partial charge in [0.2, 0.25) is 5.90 Å². The summed E-state index contributed by atoms with van der Waals surface area (Å²) in [6, 6.07) is 50.2. The van der Waals surface area contributed by atoms with Crippen molar-refractivity contribution >= 4 is 27.7 Å². The molecule has 264 valence electrons. The number of halogens is 1. The Balaban J connectivity index is 1.19. The molecule has 6 aromatic carbocycles. The Kier molecular flexibility index (Phi) is 9.91. The van der Waals surface area contributed by atoms with Crippen molar-refractivity contribution in [3.8, 4) is 28.0 Å². The second-order valence-electron chi connectivity index (χ2n) is 13.3. The number of aliphatic hydroxyl groups excluding tert-OH is 1. The smallest absolute Gasteiger partial charge is 0.266 e. The standard InChI is InChI=1S/C45H38BrN3O4/c46-35-23-15-30(16-24-35)29-45(44(51)49-48-41-39-13-6-4-11-37(39)38-12-5-7-14-40(38)41)42(33-19-17-32(18-20-33)31-9-2-1-3-10-31)53-43(47-45)34-21-25-36(26-22-34)52-28-8-27-50/h1-7,9-26,41-42,48,50H,8,27-29H2,(H,49,51)/t42-,45-/m0/s1. The van der Waals surface area contributed by atoms with Gasteiger partial charge in [0.1, 0.15) is 5.75 Å². The second-order valence-corrected chi connectivity index (χ2v) is 14.2. The molecule has 1 heterocycles. The molecule has 0 aromatic heterocycles. The van der Waals surface area contributed by atoms with Crippen molar-refractivity contribution in [2.45, 2.75) is 30.5 Å². The maximum absolute atomic E-state index is 15.1. The molecule has 0 saturated heterocycles. The maximum Gasteiger partial charge on any atom is 0.266 e. The van der Waals surface area contributed by atoms with Crippen LogP contribution in [0.25, 0.3) is 22.3 Å². The normalized spacial score (nSPS) is 17.4. The lowest BCUT2D eigenvalue weighted by Crippen LogP contribution is -2.54. The van der Waals surface area contributed by atoms with Crippen molar-refractivity contribution in [1.29, 1.82) is 0 Å². The van der Waals surface area contributed by atoms with Gasteiger partial charge in [-0.15, -0.1) is 0 Å². The van der Waals surface area contributed by atoms with E-state index in [-0.39, 0.29) is 25.0 Å². The number of rotatable bonds is 12. The molecular weight excluding hydrogens is 726 g/mol. The van der Waals surface area contributed by atoms with Gasteiger partial charge in [0.15, 0.2) is 11.6 Å². The molecule has 53 heavy (non-hydrogen) atoms. The average molecular weight is 765 g/mol. The van der Waals surface area contributed by atoms with Crippen LogP contribution in [0.3, 0.4) is 0 Å². The summed E-state index contributed by atoms with van der Waals surface area (Å²) in [5, 5.41) is 9.17. The van der Waals surface area contributed by atoms with Gasteiger partial charge >= 0.3 is 0 Å². The van der Waals surface area contributed by atoms with Gasteiger partial charge in [-0.05, 0) is 80.9 Å². The first-order valence-corrected chi connectivity index (χ1v) is 18.6. The lowest BCUT2D eigenvalue weighted by molar-refractivity contribution is -0.130. The topological polar surface area (TPSA) is 92.2 Å². The van der Waals surface area contributed by atoms with Crippen LogP contribution in [-0.4, -0.2) is 35.7 Å². The van der Waals surface area contributed by atoms with E-state index in [1.54, 1.807) is 0 Å². The zero-order valence-corrected chi connectivity index (χ0v) is 30.5. The fourth-order valence-corrected chi connectivity index (χ4v) is 7.50. The summed E-state index contributed by atoms with van der Waals surface area (Å²) >= 11 is 3.57. The van der Waals surface area contributed by atoms with E-state index in [0.717, 1.165) is 54.5 Å². The van der Waals surface area contributed by atoms with Gasteiger partial charge in [-0.1, -0.05) is 131 Å². The Morgan fingerprint density at radius 1 is 0.736 bits per heavy atom. The molecule has 0 fully saturated rings. The van der Waals surface area contributed by atoms with Crippen LogP contribution < -0.4 is 15.6 Å². The van der Waals surface area contributed by atoms with E-state index < -0.39 is 11.6 Å². The average Bonchev–Trinajstić information content (AvgIpc) is 3.75. The Morgan fingerprint density at radius 2 is 1.34 bits per heavy atom. The lowest BCUT2D eigenvalue weighted by Gasteiger charge is -2.31. The number of fused-ring (bicyclic) bond motifs is 3. The van der Waals surface area contributed by atoms with Crippen molar-refractivity contribution in [1.82, 2.24) is 10.9 Å². The fraction of sp³-hybridized carbons (Fsp3) is 0.156.